The Bertz CT molecular complexity index is 717. The first-order valence-electron chi connectivity index (χ1n) is 8.54. The summed E-state index contributed by atoms with van der Waals surface area (Å²) in [6.45, 7) is 6.61. The third-order valence-corrected chi connectivity index (χ3v) is 5.51. The van der Waals surface area contributed by atoms with Crippen molar-refractivity contribution in [1.29, 1.82) is 0 Å². The lowest BCUT2D eigenvalue weighted by molar-refractivity contribution is 0.186. The molecule has 1 atom stereocenters. The Kier molecular flexibility index (Phi) is 6.42. The maximum absolute atomic E-state index is 12.4. The van der Waals surface area contributed by atoms with E-state index in [2.05, 4.69) is 10.0 Å². The van der Waals surface area contributed by atoms with Crippen LogP contribution in [0.3, 0.4) is 0 Å². The van der Waals surface area contributed by atoms with Crippen molar-refractivity contribution in [3.8, 4) is 0 Å². The van der Waals surface area contributed by atoms with E-state index in [1.165, 1.54) is 0 Å². The van der Waals surface area contributed by atoms with Gasteiger partial charge in [0.2, 0.25) is 10.0 Å². The molecule has 2 rings (SSSR count). The Morgan fingerprint density at radius 1 is 1.28 bits per heavy atom. The van der Waals surface area contributed by atoms with Crippen molar-refractivity contribution in [2.45, 2.75) is 57.2 Å². The van der Waals surface area contributed by atoms with Crippen LogP contribution in [0.5, 0.6) is 0 Å². The van der Waals surface area contributed by atoms with E-state index in [9.17, 15) is 18.3 Å². The SMILES string of the molecule is CC(C)NC(=O)N1CCc2ccc(S(=O)(=O)NCC[C@H](C)O)cc2C1. The first kappa shape index (κ1) is 19.7. The van der Waals surface area contributed by atoms with E-state index in [1.54, 1.807) is 24.0 Å². The van der Waals surface area contributed by atoms with Gasteiger partial charge in [-0.15, -0.1) is 0 Å². The predicted molar refractivity (Wildman–Crippen MR) is 95.7 cm³/mol. The summed E-state index contributed by atoms with van der Waals surface area (Å²) < 4.78 is 27.2. The van der Waals surface area contributed by atoms with Crippen molar-refractivity contribution in [3.63, 3.8) is 0 Å². The van der Waals surface area contributed by atoms with Crippen LogP contribution < -0.4 is 10.0 Å². The summed E-state index contributed by atoms with van der Waals surface area (Å²) >= 11 is 0. The second kappa shape index (κ2) is 8.16. The molecule has 140 valence electrons. The van der Waals surface area contributed by atoms with E-state index in [1.807, 2.05) is 19.9 Å². The van der Waals surface area contributed by atoms with E-state index in [0.717, 1.165) is 11.1 Å². The Morgan fingerprint density at radius 2 is 2.00 bits per heavy atom. The standard InChI is InChI=1S/C17H27N3O4S/c1-12(2)19-17(22)20-9-7-14-4-5-16(10-15(14)11-20)25(23,24)18-8-6-13(3)21/h4-5,10,12-13,18,21H,6-9,11H2,1-3H3,(H,19,22)/t13-/m0/s1. The fourth-order valence-electron chi connectivity index (χ4n) is 2.70. The van der Waals surface area contributed by atoms with Crippen molar-refractivity contribution in [3.05, 3.63) is 29.3 Å². The van der Waals surface area contributed by atoms with E-state index >= 15 is 0 Å². The van der Waals surface area contributed by atoms with Crippen molar-refractivity contribution >= 4 is 16.1 Å². The number of benzene rings is 1. The number of fused-ring (bicyclic) bond motifs is 1. The molecule has 3 N–H and O–H groups in total. The van der Waals surface area contributed by atoms with Gasteiger partial charge in [0.05, 0.1) is 11.0 Å². The Labute approximate surface area is 149 Å². The van der Waals surface area contributed by atoms with Crippen LogP contribution in [-0.4, -0.2) is 49.7 Å². The average molecular weight is 369 g/mol. The highest BCUT2D eigenvalue weighted by Gasteiger charge is 2.23. The van der Waals surface area contributed by atoms with Gasteiger partial charge in [-0.2, -0.15) is 0 Å². The molecule has 2 amide bonds. The van der Waals surface area contributed by atoms with Crippen LogP contribution in [0.4, 0.5) is 4.79 Å². The zero-order valence-corrected chi connectivity index (χ0v) is 15.8. The smallest absolute Gasteiger partial charge is 0.317 e. The number of rotatable bonds is 6. The number of nitrogens with zero attached hydrogens (tertiary/aromatic N) is 1. The predicted octanol–water partition coefficient (Wildman–Crippen LogP) is 1.21. The molecule has 1 aromatic carbocycles. The molecule has 1 aliphatic heterocycles. The number of aliphatic hydroxyl groups is 1. The summed E-state index contributed by atoms with van der Waals surface area (Å²) in [4.78, 5) is 14.0. The lowest BCUT2D eigenvalue weighted by atomic mass is 10.0. The van der Waals surface area contributed by atoms with Gasteiger partial charge in [0.25, 0.3) is 0 Å². The number of hydrogen-bond acceptors (Lipinski definition) is 4. The first-order chi connectivity index (χ1) is 11.7. The molecule has 0 bridgehead atoms. The highest BCUT2D eigenvalue weighted by atomic mass is 32.2. The molecule has 0 radical (unpaired) electrons. The van der Waals surface area contributed by atoms with Crippen molar-refractivity contribution in [2.75, 3.05) is 13.1 Å². The molecular formula is C17H27N3O4S. The molecule has 0 saturated carbocycles. The van der Waals surface area contributed by atoms with E-state index in [-0.39, 0.29) is 23.5 Å². The van der Waals surface area contributed by atoms with Gasteiger partial charge in [-0.1, -0.05) is 6.07 Å². The molecule has 0 saturated heterocycles. The molecule has 8 heteroatoms. The zero-order valence-electron chi connectivity index (χ0n) is 14.9. The summed E-state index contributed by atoms with van der Waals surface area (Å²) in [6, 6.07) is 4.96. The molecule has 0 aromatic heterocycles. The fourth-order valence-corrected chi connectivity index (χ4v) is 3.80. The number of amides is 2. The molecule has 0 aliphatic carbocycles. The van der Waals surface area contributed by atoms with Crippen molar-refractivity contribution < 1.29 is 18.3 Å². The lowest BCUT2D eigenvalue weighted by Gasteiger charge is -2.30. The largest absolute Gasteiger partial charge is 0.393 e. The van der Waals surface area contributed by atoms with E-state index in [0.29, 0.717) is 25.9 Å². The van der Waals surface area contributed by atoms with Crippen LogP contribution in [0.25, 0.3) is 0 Å². The van der Waals surface area contributed by atoms with Gasteiger partial charge in [0.15, 0.2) is 0 Å². The summed E-state index contributed by atoms with van der Waals surface area (Å²) in [5.41, 5.74) is 1.92. The van der Waals surface area contributed by atoms with Crippen molar-refractivity contribution in [2.24, 2.45) is 0 Å². The summed E-state index contributed by atoms with van der Waals surface area (Å²) in [5.74, 6) is 0. The molecule has 1 aliphatic rings. The zero-order chi connectivity index (χ0) is 18.6. The highest BCUT2D eigenvalue weighted by molar-refractivity contribution is 7.89. The minimum atomic E-state index is -3.63. The summed E-state index contributed by atoms with van der Waals surface area (Å²) in [7, 11) is -3.63. The topological polar surface area (TPSA) is 98.7 Å². The first-order valence-corrected chi connectivity index (χ1v) is 10.0. The van der Waals surface area contributed by atoms with E-state index in [4.69, 9.17) is 0 Å². The number of urea groups is 1. The van der Waals surface area contributed by atoms with E-state index < -0.39 is 16.1 Å². The maximum Gasteiger partial charge on any atom is 0.317 e. The monoisotopic (exact) mass is 369 g/mol. The highest BCUT2D eigenvalue weighted by Crippen LogP contribution is 2.22. The van der Waals surface area contributed by atoms with Gasteiger partial charge in [-0.3, -0.25) is 0 Å². The summed E-state index contributed by atoms with van der Waals surface area (Å²) in [6.07, 6.45) is 0.503. The number of nitrogens with one attached hydrogen (secondary N) is 2. The second-order valence-electron chi connectivity index (χ2n) is 6.74. The number of carbonyl (C=O) groups excluding carboxylic acids is 1. The minimum absolute atomic E-state index is 0.0544. The quantitative estimate of drug-likeness (QED) is 0.702. The van der Waals surface area contributed by atoms with Crippen LogP contribution in [0.1, 0.15) is 38.3 Å². The number of sulfonamides is 1. The van der Waals surface area contributed by atoms with Crippen molar-refractivity contribution in [1.82, 2.24) is 14.9 Å². The molecular weight excluding hydrogens is 342 g/mol. The third kappa shape index (κ3) is 5.42. The molecule has 1 heterocycles. The van der Waals surface area contributed by atoms with Gasteiger partial charge in [0, 0.05) is 25.7 Å². The van der Waals surface area contributed by atoms with Gasteiger partial charge >= 0.3 is 6.03 Å². The van der Waals surface area contributed by atoms with Crippen LogP contribution in [0, 0.1) is 0 Å². The second-order valence-corrected chi connectivity index (χ2v) is 8.51. The molecule has 25 heavy (non-hydrogen) atoms. The molecule has 0 fully saturated rings. The Morgan fingerprint density at radius 3 is 2.64 bits per heavy atom. The normalized spacial score (nSPS) is 15.8. The van der Waals surface area contributed by atoms with Gasteiger partial charge < -0.3 is 15.3 Å². The molecule has 0 unspecified atom stereocenters. The number of hydrogen-bond donors (Lipinski definition) is 3. The van der Waals surface area contributed by atoms with Crippen LogP contribution in [-0.2, 0) is 23.0 Å². The summed E-state index contributed by atoms with van der Waals surface area (Å²) in [5, 5.41) is 12.1. The molecule has 0 spiro atoms. The number of aliphatic hydroxyl groups excluding tert-OH is 1. The van der Waals surface area contributed by atoms with Gasteiger partial charge in [-0.25, -0.2) is 17.9 Å². The molecule has 7 nitrogen and oxygen atoms in total. The van der Waals surface area contributed by atoms with Crippen LogP contribution in [0.2, 0.25) is 0 Å². The Hall–Kier alpha value is -1.64. The van der Waals surface area contributed by atoms with Crippen LogP contribution in [0.15, 0.2) is 23.1 Å². The third-order valence-electron chi connectivity index (χ3n) is 4.05. The lowest BCUT2D eigenvalue weighted by Crippen LogP contribution is -2.45. The minimum Gasteiger partial charge on any atom is -0.393 e. The maximum atomic E-state index is 12.4. The average Bonchev–Trinajstić information content (AvgIpc) is 2.52. The Balaban J connectivity index is 2.12. The fraction of sp³-hybridized carbons (Fsp3) is 0.588. The van der Waals surface area contributed by atoms with Gasteiger partial charge in [-0.05, 0) is 56.9 Å². The van der Waals surface area contributed by atoms with Crippen LogP contribution >= 0.6 is 0 Å². The van der Waals surface area contributed by atoms with Gasteiger partial charge in [0.1, 0.15) is 0 Å². The molecule has 1 aromatic rings. The number of carbonyl (C=O) groups is 1.